The van der Waals surface area contributed by atoms with Crippen molar-refractivity contribution in [3.05, 3.63) is 35.6 Å². The number of hydrogen-bond donors (Lipinski definition) is 1. The zero-order valence-corrected chi connectivity index (χ0v) is 10.8. The van der Waals surface area contributed by atoms with E-state index in [0.29, 0.717) is 5.92 Å². The van der Waals surface area contributed by atoms with E-state index in [-0.39, 0.29) is 11.2 Å². The van der Waals surface area contributed by atoms with E-state index in [1.54, 1.807) is 6.07 Å². The van der Waals surface area contributed by atoms with Gasteiger partial charge < -0.3 is 5.32 Å². The molecule has 0 aromatic heterocycles. The smallest absolute Gasteiger partial charge is 0.123 e. The minimum Gasteiger partial charge on any atom is -0.316 e. The molecule has 0 aliphatic heterocycles. The average molecular weight is 235 g/mol. The van der Waals surface area contributed by atoms with Crippen LogP contribution < -0.4 is 5.32 Å². The zero-order valence-electron chi connectivity index (χ0n) is 10.8. The predicted molar refractivity (Wildman–Crippen MR) is 69.6 cm³/mol. The molecule has 1 aromatic rings. The lowest BCUT2D eigenvalue weighted by molar-refractivity contribution is 0.518. The average Bonchev–Trinajstić information content (AvgIpc) is 3.05. The van der Waals surface area contributed by atoms with Crippen LogP contribution in [0.3, 0.4) is 0 Å². The van der Waals surface area contributed by atoms with Gasteiger partial charge in [-0.15, -0.1) is 0 Å². The first-order chi connectivity index (χ1) is 8.23. The molecular weight excluding hydrogens is 213 g/mol. The van der Waals surface area contributed by atoms with Gasteiger partial charge in [-0.25, -0.2) is 4.39 Å². The first-order valence-corrected chi connectivity index (χ1v) is 6.69. The van der Waals surface area contributed by atoms with Gasteiger partial charge >= 0.3 is 0 Å². The van der Waals surface area contributed by atoms with Crippen molar-refractivity contribution in [3.8, 4) is 0 Å². The quantitative estimate of drug-likeness (QED) is 0.744. The lowest BCUT2D eigenvalue weighted by Crippen LogP contribution is -2.29. The van der Waals surface area contributed by atoms with E-state index in [4.69, 9.17) is 0 Å². The summed E-state index contributed by atoms with van der Waals surface area (Å²) in [6.45, 7) is 6.44. The van der Waals surface area contributed by atoms with E-state index in [0.717, 1.165) is 19.5 Å². The Hall–Kier alpha value is -0.890. The maximum atomic E-state index is 13.3. The van der Waals surface area contributed by atoms with Crippen LogP contribution in [-0.4, -0.2) is 13.1 Å². The zero-order chi connectivity index (χ0) is 12.3. The van der Waals surface area contributed by atoms with E-state index < -0.39 is 0 Å². The molecule has 0 bridgehead atoms. The number of benzene rings is 1. The topological polar surface area (TPSA) is 12.0 Å². The molecule has 1 nitrogen and oxygen atoms in total. The van der Waals surface area contributed by atoms with Crippen molar-refractivity contribution < 1.29 is 4.39 Å². The summed E-state index contributed by atoms with van der Waals surface area (Å²) in [5.41, 5.74) is 1.37. The van der Waals surface area contributed by atoms with Gasteiger partial charge in [-0.3, -0.25) is 0 Å². The van der Waals surface area contributed by atoms with Crippen molar-refractivity contribution in [2.45, 2.75) is 38.5 Å². The largest absolute Gasteiger partial charge is 0.316 e. The third kappa shape index (κ3) is 2.52. The van der Waals surface area contributed by atoms with Gasteiger partial charge in [-0.1, -0.05) is 32.4 Å². The lowest BCUT2D eigenvalue weighted by atomic mass is 9.92. The van der Waals surface area contributed by atoms with E-state index in [1.807, 2.05) is 6.07 Å². The molecule has 1 saturated carbocycles. The number of hydrogen-bond acceptors (Lipinski definition) is 1. The molecule has 1 aliphatic rings. The monoisotopic (exact) mass is 235 g/mol. The van der Waals surface area contributed by atoms with Gasteiger partial charge in [0.25, 0.3) is 0 Å². The number of nitrogens with one attached hydrogen (secondary N) is 1. The van der Waals surface area contributed by atoms with Gasteiger partial charge in [0.15, 0.2) is 0 Å². The third-order valence-corrected chi connectivity index (χ3v) is 3.99. The minimum atomic E-state index is -0.112. The number of halogens is 1. The van der Waals surface area contributed by atoms with E-state index >= 15 is 0 Å². The Labute approximate surface area is 103 Å². The van der Waals surface area contributed by atoms with Crippen LogP contribution in [0.15, 0.2) is 24.3 Å². The summed E-state index contributed by atoms with van der Waals surface area (Å²) in [5.74, 6) is 0.604. The van der Waals surface area contributed by atoms with E-state index in [9.17, 15) is 4.39 Å². The van der Waals surface area contributed by atoms with Gasteiger partial charge in [0.05, 0.1) is 0 Å². The summed E-state index contributed by atoms with van der Waals surface area (Å²) in [7, 11) is 0. The standard InChI is InChI=1S/C15H22FN/c1-3-8-17-11-15(10-12(15)4-2)13-6-5-7-14(16)9-13/h5-7,9,12,17H,3-4,8,10-11H2,1-2H3. The summed E-state index contributed by atoms with van der Waals surface area (Å²) in [4.78, 5) is 0. The molecule has 1 aromatic carbocycles. The molecule has 0 radical (unpaired) electrons. The molecule has 0 saturated heterocycles. The Morgan fingerprint density at radius 2 is 2.24 bits per heavy atom. The Kier molecular flexibility index (Phi) is 3.82. The van der Waals surface area contributed by atoms with Crippen LogP contribution in [0.25, 0.3) is 0 Å². The molecule has 1 fully saturated rings. The molecule has 2 unspecified atom stereocenters. The van der Waals surface area contributed by atoms with Gasteiger partial charge in [-0.2, -0.15) is 0 Å². The predicted octanol–water partition coefficient (Wildman–Crippen LogP) is 3.49. The highest BCUT2D eigenvalue weighted by Crippen LogP contribution is 2.55. The highest BCUT2D eigenvalue weighted by atomic mass is 19.1. The van der Waals surface area contributed by atoms with Crippen LogP contribution in [0.2, 0.25) is 0 Å². The highest BCUT2D eigenvalue weighted by Gasteiger charge is 2.53. The van der Waals surface area contributed by atoms with Crippen molar-refractivity contribution in [2.75, 3.05) is 13.1 Å². The molecule has 0 amide bonds. The van der Waals surface area contributed by atoms with Crippen molar-refractivity contribution in [1.82, 2.24) is 5.32 Å². The summed E-state index contributed by atoms with van der Waals surface area (Å²) in [6.07, 6.45) is 3.53. The summed E-state index contributed by atoms with van der Waals surface area (Å²) < 4.78 is 13.3. The van der Waals surface area contributed by atoms with Crippen molar-refractivity contribution >= 4 is 0 Å². The highest BCUT2D eigenvalue weighted by molar-refractivity contribution is 5.34. The maximum absolute atomic E-state index is 13.3. The minimum absolute atomic E-state index is 0.112. The molecule has 1 aliphatic carbocycles. The van der Waals surface area contributed by atoms with Crippen LogP contribution in [0.1, 0.15) is 38.7 Å². The molecule has 2 heteroatoms. The van der Waals surface area contributed by atoms with Crippen LogP contribution in [0.5, 0.6) is 0 Å². The second-order valence-electron chi connectivity index (χ2n) is 5.15. The third-order valence-electron chi connectivity index (χ3n) is 3.99. The van der Waals surface area contributed by atoms with Crippen LogP contribution >= 0.6 is 0 Å². The molecule has 2 rings (SSSR count). The SMILES string of the molecule is CCCNCC1(c2cccc(F)c2)CC1CC. The Morgan fingerprint density at radius 3 is 2.82 bits per heavy atom. The van der Waals surface area contributed by atoms with Gasteiger partial charge in [0.1, 0.15) is 5.82 Å². The van der Waals surface area contributed by atoms with Crippen molar-refractivity contribution in [1.29, 1.82) is 0 Å². The van der Waals surface area contributed by atoms with Crippen molar-refractivity contribution in [3.63, 3.8) is 0 Å². The fourth-order valence-electron chi connectivity index (χ4n) is 2.87. The summed E-state index contributed by atoms with van der Waals surface area (Å²) in [5, 5.41) is 3.50. The summed E-state index contributed by atoms with van der Waals surface area (Å²) in [6, 6.07) is 7.15. The Bertz CT molecular complexity index is 377. The molecule has 94 valence electrons. The first kappa shape index (κ1) is 12.6. The Balaban J connectivity index is 2.12. The second-order valence-corrected chi connectivity index (χ2v) is 5.15. The van der Waals surface area contributed by atoms with Crippen LogP contribution in [0.4, 0.5) is 4.39 Å². The Morgan fingerprint density at radius 1 is 1.41 bits per heavy atom. The van der Waals surface area contributed by atoms with Crippen LogP contribution in [0, 0.1) is 11.7 Å². The van der Waals surface area contributed by atoms with Crippen LogP contribution in [-0.2, 0) is 5.41 Å². The molecule has 1 N–H and O–H groups in total. The lowest BCUT2D eigenvalue weighted by Gasteiger charge is -2.18. The van der Waals surface area contributed by atoms with Gasteiger partial charge in [0.2, 0.25) is 0 Å². The molecule has 0 heterocycles. The maximum Gasteiger partial charge on any atom is 0.123 e. The van der Waals surface area contributed by atoms with E-state index in [1.165, 1.54) is 24.5 Å². The molecule has 0 spiro atoms. The van der Waals surface area contributed by atoms with Crippen molar-refractivity contribution in [2.24, 2.45) is 5.92 Å². The van der Waals surface area contributed by atoms with E-state index in [2.05, 4.69) is 25.2 Å². The summed E-state index contributed by atoms with van der Waals surface area (Å²) >= 11 is 0. The molecule has 17 heavy (non-hydrogen) atoms. The molecular formula is C15H22FN. The van der Waals surface area contributed by atoms with Gasteiger partial charge in [-0.05, 0) is 43.0 Å². The fourth-order valence-corrected chi connectivity index (χ4v) is 2.87. The fraction of sp³-hybridized carbons (Fsp3) is 0.600. The number of rotatable bonds is 6. The second kappa shape index (κ2) is 5.18. The van der Waals surface area contributed by atoms with Gasteiger partial charge in [0, 0.05) is 12.0 Å². The molecule has 2 atom stereocenters. The first-order valence-electron chi connectivity index (χ1n) is 6.69. The normalized spacial score (nSPS) is 27.1.